The lowest BCUT2D eigenvalue weighted by atomic mass is 9.81. The van der Waals surface area contributed by atoms with Gasteiger partial charge in [-0.1, -0.05) is 35.3 Å². The molecule has 1 N–H and O–H groups in total. The molecule has 1 aromatic heterocycles. The van der Waals surface area contributed by atoms with Gasteiger partial charge in [-0.25, -0.2) is 0 Å². The first-order valence-corrected chi connectivity index (χ1v) is 7.50. The normalized spacial score (nSPS) is 19.4. The second-order valence-electron chi connectivity index (χ2n) is 5.13. The summed E-state index contributed by atoms with van der Waals surface area (Å²) in [5.41, 5.74) is 2.80. The molecule has 0 radical (unpaired) electrons. The van der Waals surface area contributed by atoms with Gasteiger partial charge in [0.2, 0.25) is 0 Å². The molecule has 0 saturated heterocycles. The number of pyridine rings is 1. The van der Waals surface area contributed by atoms with Gasteiger partial charge in [0.25, 0.3) is 0 Å². The van der Waals surface area contributed by atoms with Crippen LogP contribution in [0.4, 0.5) is 0 Å². The smallest absolute Gasteiger partial charge is 0.0902 e. The molecule has 0 bridgehead atoms. The average molecular weight is 308 g/mol. The third-order valence-electron chi connectivity index (χ3n) is 3.92. The van der Waals surface area contributed by atoms with Gasteiger partial charge in [-0.2, -0.15) is 0 Å². The van der Waals surface area contributed by atoms with Crippen LogP contribution >= 0.6 is 23.2 Å². The van der Waals surface area contributed by atoms with Gasteiger partial charge in [0.05, 0.1) is 6.10 Å². The molecule has 1 heterocycles. The van der Waals surface area contributed by atoms with E-state index in [1.807, 2.05) is 6.07 Å². The summed E-state index contributed by atoms with van der Waals surface area (Å²) in [4.78, 5) is 4.46. The van der Waals surface area contributed by atoms with Crippen molar-refractivity contribution in [1.29, 1.82) is 0 Å². The van der Waals surface area contributed by atoms with E-state index in [2.05, 4.69) is 11.1 Å². The van der Waals surface area contributed by atoms with Crippen molar-refractivity contribution in [2.75, 3.05) is 0 Å². The third-order valence-corrected chi connectivity index (χ3v) is 4.57. The number of fused-ring (bicyclic) bond motifs is 1. The minimum Gasteiger partial charge on any atom is -0.388 e. The molecule has 1 aliphatic carbocycles. The largest absolute Gasteiger partial charge is 0.388 e. The molecule has 1 aliphatic rings. The highest BCUT2D eigenvalue weighted by Crippen LogP contribution is 2.43. The topological polar surface area (TPSA) is 33.1 Å². The summed E-state index contributed by atoms with van der Waals surface area (Å²) < 4.78 is 0. The summed E-state index contributed by atoms with van der Waals surface area (Å²) in [5.74, 6) is -0.0441. The van der Waals surface area contributed by atoms with E-state index >= 15 is 0 Å². The quantitative estimate of drug-likeness (QED) is 0.883. The number of aliphatic hydroxyl groups excluding tert-OH is 1. The van der Waals surface area contributed by atoms with E-state index in [1.54, 1.807) is 24.4 Å². The van der Waals surface area contributed by atoms with Gasteiger partial charge in [0, 0.05) is 33.4 Å². The van der Waals surface area contributed by atoms with E-state index in [1.165, 1.54) is 5.56 Å². The van der Waals surface area contributed by atoms with Crippen LogP contribution in [-0.4, -0.2) is 10.1 Å². The summed E-state index contributed by atoms with van der Waals surface area (Å²) >= 11 is 12.4. The molecule has 2 nitrogen and oxygen atoms in total. The summed E-state index contributed by atoms with van der Waals surface area (Å²) in [7, 11) is 0. The summed E-state index contributed by atoms with van der Waals surface area (Å²) in [6.45, 7) is 0. The van der Waals surface area contributed by atoms with Crippen molar-refractivity contribution in [3.8, 4) is 0 Å². The number of aryl methyl sites for hydroxylation is 1. The summed E-state index contributed by atoms with van der Waals surface area (Å²) in [5, 5.41) is 11.8. The molecule has 1 aromatic carbocycles. The molecule has 104 valence electrons. The van der Waals surface area contributed by atoms with Crippen molar-refractivity contribution < 1.29 is 5.11 Å². The SMILES string of the molecule is OC(c1c(Cl)cccc1Cl)C1CCCc2cccnc21. The number of aliphatic hydroxyl groups is 1. The second kappa shape index (κ2) is 5.72. The Kier molecular flexibility index (Phi) is 3.97. The van der Waals surface area contributed by atoms with Crippen molar-refractivity contribution >= 4 is 23.2 Å². The molecule has 0 spiro atoms. The molecule has 0 amide bonds. The van der Waals surface area contributed by atoms with Gasteiger partial charge in [-0.05, 0) is 43.0 Å². The minimum atomic E-state index is -0.717. The first-order valence-electron chi connectivity index (χ1n) is 6.74. The zero-order valence-electron chi connectivity index (χ0n) is 10.9. The molecule has 0 aliphatic heterocycles. The molecule has 0 saturated carbocycles. The van der Waals surface area contributed by atoms with E-state index < -0.39 is 6.10 Å². The summed E-state index contributed by atoms with van der Waals surface area (Å²) in [6.07, 6.45) is 4.01. The second-order valence-corrected chi connectivity index (χ2v) is 5.94. The molecule has 2 aromatic rings. The van der Waals surface area contributed by atoms with Crippen LogP contribution in [0, 0.1) is 0 Å². The maximum Gasteiger partial charge on any atom is 0.0902 e. The van der Waals surface area contributed by atoms with Gasteiger partial charge in [0.15, 0.2) is 0 Å². The van der Waals surface area contributed by atoms with Gasteiger partial charge in [-0.15, -0.1) is 0 Å². The highest BCUT2D eigenvalue weighted by molar-refractivity contribution is 6.36. The van der Waals surface area contributed by atoms with Crippen LogP contribution in [0.1, 0.15) is 41.7 Å². The Morgan fingerprint density at radius 2 is 1.90 bits per heavy atom. The molecule has 3 rings (SSSR count). The van der Waals surface area contributed by atoms with Crippen LogP contribution in [-0.2, 0) is 6.42 Å². The Labute approximate surface area is 128 Å². The van der Waals surface area contributed by atoms with Crippen molar-refractivity contribution in [1.82, 2.24) is 4.98 Å². The van der Waals surface area contributed by atoms with E-state index in [4.69, 9.17) is 23.2 Å². The Bertz CT molecular complexity index is 609. The fourth-order valence-corrected chi connectivity index (χ4v) is 3.57. The first-order chi connectivity index (χ1) is 9.68. The predicted molar refractivity (Wildman–Crippen MR) is 81.3 cm³/mol. The van der Waals surface area contributed by atoms with Crippen molar-refractivity contribution in [3.05, 3.63) is 63.4 Å². The minimum absolute atomic E-state index is 0.0441. The lowest BCUT2D eigenvalue weighted by Gasteiger charge is -2.29. The average Bonchev–Trinajstić information content (AvgIpc) is 2.46. The van der Waals surface area contributed by atoms with Crippen LogP contribution < -0.4 is 0 Å². The molecule has 0 fully saturated rings. The Morgan fingerprint density at radius 3 is 2.65 bits per heavy atom. The fraction of sp³-hybridized carbons (Fsp3) is 0.312. The van der Waals surface area contributed by atoms with Gasteiger partial charge in [-0.3, -0.25) is 4.98 Å². The maximum absolute atomic E-state index is 10.7. The Hall–Kier alpha value is -1.09. The van der Waals surface area contributed by atoms with Gasteiger partial charge in [0.1, 0.15) is 0 Å². The number of aromatic nitrogens is 1. The van der Waals surface area contributed by atoms with Crippen LogP contribution in [0.2, 0.25) is 10.0 Å². The fourth-order valence-electron chi connectivity index (χ4n) is 2.95. The predicted octanol–water partition coefficient (Wildman–Crippen LogP) is 4.54. The number of benzene rings is 1. The Morgan fingerprint density at radius 1 is 1.15 bits per heavy atom. The highest BCUT2D eigenvalue weighted by Gasteiger charge is 2.31. The molecule has 4 heteroatoms. The highest BCUT2D eigenvalue weighted by atomic mass is 35.5. The van der Waals surface area contributed by atoms with Crippen LogP contribution in [0.25, 0.3) is 0 Å². The molecule has 20 heavy (non-hydrogen) atoms. The van der Waals surface area contributed by atoms with Crippen LogP contribution in [0.15, 0.2) is 36.5 Å². The molecule has 2 atom stereocenters. The van der Waals surface area contributed by atoms with Crippen molar-refractivity contribution in [3.63, 3.8) is 0 Å². The lowest BCUT2D eigenvalue weighted by molar-refractivity contribution is 0.134. The number of nitrogens with zero attached hydrogens (tertiary/aromatic N) is 1. The number of hydrogen-bond donors (Lipinski definition) is 1. The zero-order valence-corrected chi connectivity index (χ0v) is 12.4. The van der Waals surface area contributed by atoms with Gasteiger partial charge >= 0.3 is 0 Å². The lowest BCUT2D eigenvalue weighted by Crippen LogP contribution is -2.19. The van der Waals surface area contributed by atoms with Gasteiger partial charge < -0.3 is 5.11 Å². The maximum atomic E-state index is 10.7. The van der Waals surface area contributed by atoms with Crippen molar-refractivity contribution in [2.45, 2.75) is 31.3 Å². The third kappa shape index (κ3) is 2.44. The van der Waals surface area contributed by atoms with E-state index in [-0.39, 0.29) is 5.92 Å². The van der Waals surface area contributed by atoms with E-state index in [0.717, 1.165) is 25.0 Å². The Balaban J connectivity index is 2.02. The van der Waals surface area contributed by atoms with E-state index in [9.17, 15) is 5.11 Å². The number of halogens is 2. The van der Waals surface area contributed by atoms with E-state index in [0.29, 0.717) is 15.6 Å². The molecular weight excluding hydrogens is 293 g/mol. The molecule has 2 unspecified atom stereocenters. The molecular formula is C16H15Cl2NO. The first kappa shape index (κ1) is 13.9. The van der Waals surface area contributed by atoms with Crippen LogP contribution in [0.3, 0.4) is 0 Å². The summed E-state index contributed by atoms with van der Waals surface area (Å²) in [6, 6.07) is 9.32. The van der Waals surface area contributed by atoms with Crippen molar-refractivity contribution in [2.24, 2.45) is 0 Å². The standard InChI is InChI=1S/C16H15Cl2NO/c17-12-7-2-8-13(18)14(12)16(20)11-6-1-4-10-5-3-9-19-15(10)11/h2-3,5,7-9,11,16,20H,1,4,6H2. The van der Waals surface area contributed by atoms with Crippen LogP contribution in [0.5, 0.6) is 0 Å². The monoisotopic (exact) mass is 307 g/mol. The zero-order chi connectivity index (χ0) is 14.1. The number of rotatable bonds is 2. The number of hydrogen-bond acceptors (Lipinski definition) is 2.